The van der Waals surface area contributed by atoms with Crippen molar-refractivity contribution in [2.75, 3.05) is 26.4 Å². The summed E-state index contributed by atoms with van der Waals surface area (Å²) in [5.74, 6) is -1.08. The molecular formula is C48H77O11P. The Bertz CT molecular complexity index is 1380. The highest BCUT2D eigenvalue weighted by Gasteiger charge is 2.27. The van der Waals surface area contributed by atoms with Crippen LogP contribution in [0.2, 0.25) is 0 Å². The van der Waals surface area contributed by atoms with Gasteiger partial charge in [0.25, 0.3) is 0 Å². The number of esters is 2. The lowest BCUT2D eigenvalue weighted by Gasteiger charge is -2.20. The summed E-state index contributed by atoms with van der Waals surface area (Å²) in [6.45, 7) is 2.02. The summed E-state index contributed by atoms with van der Waals surface area (Å²) in [6.07, 6.45) is 49.4. The first-order chi connectivity index (χ1) is 29.1. The van der Waals surface area contributed by atoms with E-state index in [9.17, 15) is 29.3 Å². The molecule has 0 rings (SSSR count). The number of carbonyl (C=O) groups is 2. The molecular weight excluding hydrogens is 783 g/mol. The molecule has 0 spiro atoms. The fraction of sp³-hybridized carbons (Fsp3) is 0.583. The molecule has 0 aliphatic heterocycles. The van der Waals surface area contributed by atoms with Crippen molar-refractivity contribution in [1.82, 2.24) is 0 Å². The Hall–Kier alpha value is -3.41. The second-order valence-corrected chi connectivity index (χ2v) is 15.6. The summed E-state index contributed by atoms with van der Waals surface area (Å²) in [4.78, 5) is 35.0. The molecule has 0 heterocycles. The highest BCUT2D eigenvalue weighted by Crippen LogP contribution is 2.43. The van der Waals surface area contributed by atoms with E-state index < -0.39 is 57.9 Å². The zero-order valence-electron chi connectivity index (χ0n) is 36.5. The van der Waals surface area contributed by atoms with E-state index in [-0.39, 0.29) is 19.4 Å². The largest absolute Gasteiger partial charge is 0.472 e. The number of hydrogen-bond acceptors (Lipinski definition) is 10. The van der Waals surface area contributed by atoms with Crippen LogP contribution in [0, 0.1) is 0 Å². The van der Waals surface area contributed by atoms with Gasteiger partial charge in [-0.05, 0) is 89.9 Å². The third-order valence-electron chi connectivity index (χ3n) is 8.49. The molecule has 0 fully saturated rings. The van der Waals surface area contributed by atoms with Gasteiger partial charge in [0.1, 0.15) is 12.7 Å². The second-order valence-electron chi connectivity index (χ2n) is 14.2. The lowest BCUT2D eigenvalue weighted by Crippen LogP contribution is -2.29. The van der Waals surface area contributed by atoms with Crippen LogP contribution >= 0.6 is 7.82 Å². The Labute approximate surface area is 361 Å². The standard InChI is InChI=1S/C48H77O11P/c1-3-5-7-9-11-12-13-14-15-16-17-18-19-20-21-22-27-31-35-39-48(53)59-46(43-58-60(54,55)57-41-45(51)40-49)42-56-47(52)38-34-30-26-24-23-25-29-33-37-44(50)36-32-28-10-8-6-4-2/h5,7,11-12,14-15,17-18,20-21,24-26,28-29,32-33,37,44-46,49-51H,3-4,6,8-10,13,16,19,22-23,27,30-31,34-36,38-43H2,1-2H3,(H,54,55)/b7-5-,12-11-,15-14-,18-17-,21-20-,26-24-,29-25-,32-28-,37-33+/t44-,45+,46-/m1/s1. The molecule has 0 aromatic rings. The summed E-state index contributed by atoms with van der Waals surface area (Å²) < 4.78 is 32.6. The van der Waals surface area contributed by atoms with Gasteiger partial charge >= 0.3 is 19.8 Å². The molecule has 11 nitrogen and oxygen atoms in total. The van der Waals surface area contributed by atoms with Crippen LogP contribution in [0.25, 0.3) is 0 Å². The minimum absolute atomic E-state index is 0.114. The smallest absolute Gasteiger partial charge is 0.462 e. The molecule has 1 unspecified atom stereocenters. The minimum Gasteiger partial charge on any atom is -0.462 e. The van der Waals surface area contributed by atoms with Gasteiger partial charge in [0.05, 0.1) is 25.9 Å². The normalized spacial score (nSPS) is 15.4. The molecule has 0 bridgehead atoms. The van der Waals surface area contributed by atoms with Gasteiger partial charge in [-0.3, -0.25) is 18.6 Å². The number of rotatable bonds is 39. The lowest BCUT2D eigenvalue weighted by molar-refractivity contribution is -0.161. The first-order valence-electron chi connectivity index (χ1n) is 22.0. The van der Waals surface area contributed by atoms with Gasteiger partial charge in [0.2, 0.25) is 0 Å². The first-order valence-corrected chi connectivity index (χ1v) is 23.4. The van der Waals surface area contributed by atoms with Crippen LogP contribution in [0.4, 0.5) is 0 Å². The zero-order valence-corrected chi connectivity index (χ0v) is 37.4. The molecule has 0 aromatic carbocycles. The number of unbranched alkanes of at least 4 members (excludes halogenated alkanes) is 7. The number of hydrogen-bond donors (Lipinski definition) is 4. The third kappa shape index (κ3) is 41.3. The Morgan fingerprint density at radius 3 is 1.73 bits per heavy atom. The number of phosphoric ester groups is 1. The maximum absolute atomic E-state index is 12.6. The first kappa shape index (κ1) is 56.6. The van der Waals surface area contributed by atoms with E-state index in [1.54, 1.807) is 6.08 Å². The molecule has 0 aliphatic rings. The van der Waals surface area contributed by atoms with E-state index in [2.05, 4.69) is 85.2 Å². The van der Waals surface area contributed by atoms with Crippen molar-refractivity contribution in [3.8, 4) is 0 Å². The summed E-state index contributed by atoms with van der Waals surface area (Å²) >= 11 is 0. The minimum atomic E-state index is -4.66. The average Bonchev–Trinajstić information content (AvgIpc) is 3.23. The zero-order chi connectivity index (χ0) is 44.2. The number of aliphatic hydroxyl groups is 3. The van der Waals surface area contributed by atoms with Gasteiger partial charge in [-0.15, -0.1) is 0 Å². The molecule has 0 saturated heterocycles. The Balaban J connectivity index is 4.54. The summed E-state index contributed by atoms with van der Waals surface area (Å²) in [5, 5.41) is 28.4. The Morgan fingerprint density at radius 2 is 1.12 bits per heavy atom. The fourth-order valence-corrected chi connectivity index (χ4v) is 5.88. The van der Waals surface area contributed by atoms with Crippen LogP contribution in [-0.2, 0) is 32.7 Å². The van der Waals surface area contributed by atoms with Crippen LogP contribution < -0.4 is 0 Å². The topological polar surface area (TPSA) is 169 Å². The van der Waals surface area contributed by atoms with Gasteiger partial charge in [-0.2, -0.15) is 0 Å². The number of phosphoric acid groups is 1. The maximum atomic E-state index is 12.6. The van der Waals surface area contributed by atoms with E-state index in [4.69, 9.17) is 19.1 Å². The molecule has 340 valence electrons. The van der Waals surface area contributed by atoms with Gasteiger partial charge < -0.3 is 29.7 Å². The highest BCUT2D eigenvalue weighted by atomic mass is 31.2. The monoisotopic (exact) mass is 861 g/mol. The molecule has 0 saturated carbocycles. The number of allylic oxidation sites excluding steroid dienone is 16. The van der Waals surface area contributed by atoms with Crippen LogP contribution in [0.15, 0.2) is 109 Å². The number of aliphatic hydroxyl groups excluding tert-OH is 3. The predicted molar refractivity (Wildman–Crippen MR) is 243 cm³/mol. The summed E-state index contributed by atoms with van der Waals surface area (Å²) in [6, 6.07) is 0. The molecule has 60 heavy (non-hydrogen) atoms. The van der Waals surface area contributed by atoms with Crippen molar-refractivity contribution in [1.29, 1.82) is 0 Å². The SMILES string of the molecule is CC/C=C\C/C=C\C/C=C\C/C=C\C/C=C\CCCCCC(=O)O[C@H](COC(=O)CCC/C=C\C/C=C\C=C\[C@H](O)C/C=C\CCCCC)COP(=O)(O)OC[C@@H](O)CO. The Morgan fingerprint density at radius 1 is 0.583 bits per heavy atom. The van der Waals surface area contributed by atoms with E-state index >= 15 is 0 Å². The molecule has 0 aromatic heterocycles. The van der Waals surface area contributed by atoms with E-state index in [1.807, 2.05) is 36.5 Å². The predicted octanol–water partition coefficient (Wildman–Crippen LogP) is 10.7. The van der Waals surface area contributed by atoms with Crippen LogP contribution in [0.3, 0.4) is 0 Å². The molecule has 12 heteroatoms. The van der Waals surface area contributed by atoms with E-state index in [0.29, 0.717) is 32.1 Å². The summed E-state index contributed by atoms with van der Waals surface area (Å²) in [7, 11) is -4.66. The van der Waals surface area contributed by atoms with Crippen molar-refractivity contribution in [3.05, 3.63) is 109 Å². The van der Waals surface area contributed by atoms with Gasteiger partial charge in [-0.25, -0.2) is 4.57 Å². The summed E-state index contributed by atoms with van der Waals surface area (Å²) in [5.41, 5.74) is 0. The second kappa shape index (κ2) is 42.3. The quantitative estimate of drug-likeness (QED) is 0.0153. The van der Waals surface area contributed by atoms with Crippen molar-refractivity contribution in [3.63, 3.8) is 0 Å². The third-order valence-corrected chi connectivity index (χ3v) is 9.44. The van der Waals surface area contributed by atoms with Gasteiger partial charge in [0, 0.05) is 12.8 Å². The van der Waals surface area contributed by atoms with Gasteiger partial charge in [0.15, 0.2) is 6.10 Å². The van der Waals surface area contributed by atoms with Gasteiger partial charge in [-0.1, -0.05) is 142 Å². The number of ether oxygens (including phenoxy) is 2. The molecule has 0 amide bonds. The van der Waals surface area contributed by atoms with Crippen molar-refractivity contribution < 1.29 is 52.9 Å². The van der Waals surface area contributed by atoms with Crippen LogP contribution in [0.5, 0.6) is 0 Å². The maximum Gasteiger partial charge on any atom is 0.472 e. The fourth-order valence-electron chi connectivity index (χ4n) is 5.09. The Kier molecular flexibility index (Phi) is 39.9. The van der Waals surface area contributed by atoms with Crippen molar-refractivity contribution in [2.45, 2.75) is 154 Å². The van der Waals surface area contributed by atoms with E-state index in [1.165, 1.54) is 19.3 Å². The van der Waals surface area contributed by atoms with Crippen molar-refractivity contribution >= 4 is 19.8 Å². The highest BCUT2D eigenvalue weighted by molar-refractivity contribution is 7.47. The average molecular weight is 861 g/mol. The lowest BCUT2D eigenvalue weighted by atomic mass is 10.1. The molecule has 4 atom stereocenters. The molecule has 4 N–H and O–H groups in total. The van der Waals surface area contributed by atoms with Crippen LogP contribution in [-0.4, -0.2) is 76.9 Å². The van der Waals surface area contributed by atoms with Crippen LogP contribution in [0.1, 0.15) is 136 Å². The molecule has 0 radical (unpaired) electrons. The number of carbonyl (C=O) groups excluding carboxylic acids is 2. The molecule has 0 aliphatic carbocycles. The van der Waals surface area contributed by atoms with Crippen molar-refractivity contribution in [2.24, 2.45) is 0 Å². The van der Waals surface area contributed by atoms with E-state index in [0.717, 1.165) is 57.8 Å².